The van der Waals surface area contributed by atoms with Gasteiger partial charge in [0, 0.05) is 13.2 Å². The lowest BCUT2D eigenvalue weighted by Gasteiger charge is -2.19. The van der Waals surface area contributed by atoms with Crippen LogP contribution in [0, 0.1) is 5.92 Å². The Balaban J connectivity index is 3.54. The van der Waals surface area contributed by atoms with Crippen LogP contribution in [0.2, 0.25) is 0 Å². The third-order valence-electron chi connectivity index (χ3n) is 2.07. The molecule has 1 unspecified atom stereocenters. The standard InChI is InChI=1S/C12H27NO/c1-5-7-12(9-13-8-6-2)14-10-11(3)4/h11-13H,5-10H2,1-4H3. The first-order valence-corrected chi connectivity index (χ1v) is 6.03. The second kappa shape index (κ2) is 9.47. The summed E-state index contributed by atoms with van der Waals surface area (Å²) < 4.78 is 5.83. The summed E-state index contributed by atoms with van der Waals surface area (Å²) in [5.74, 6) is 0.639. The Kier molecular flexibility index (Phi) is 9.42. The largest absolute Gasteiger partial charge is 0.377 e. The van der Waals surface area contributed by atoms with Gasteiger partial charge < -0.3 is 10.1 Å². The molecule has 0 fully saturated rings. The molecule has 1 N–H and O–H groups in total. The molecule has 0 aromatic heterocycles. The topological polar surface area (TPSA) is 21.3 Å². The smallest absolute Gasteiger partial charge is 0.0699 e. The van der Waals surface area contributed by atoms with Gasteiger partial charge in [0.15, 0.2) is 0 Å². The van der Waals surface area contributed by atoms with Gasteiger partial charge in [0.1, 0.15) is 0 Å². The molecule has 2 nitrogen and oxygen atoms in total. The molecular formula is C12H27NO. The fourth-order valence-electron chi connectivity index (χ4n) is 1.33. The highest BCUT2D eigenvalue weighted by Gasteiger charge is 2.07. The molecule has 0 aliphatic rings. The molecule has 0 aromatic rings. The Hall–Kier alpha value is -0.0800. The van der Waals surface area contributed by atoms with E-state index in [9.17, 15) is 0 Å². The summed E-state index contributed by atoms with van der Waals surface area (Å²) in [6, 6.07) is 0. The van der Waals surface area contributed by atoms with Gasteiger partial charge in [0.25, 0.3) is 0 Å². The van der Waals surface area contributed by atoms with E-state index in [-0.39, 0.29) is 0 Å². The summed E-state index contributed by atoms with van der Waals surface area (Å²) in [6.07, 6.45) is 3.98. The third kappa shape index (κ3) is 8.52. The molecule has 0 aliphatic heterocycles. The van der Waals surface area contributed by atoms with E-state index in [4.69, 9.17) is 4.74 Å². The van der Waals surface area contributed by atoms with Crippen LogP contribution in [-0.2, 0) is 4.74 Å². The predicted octanol–water partition coefficient (Wildman–Crippen LogP) is 2.83. The number of hydrogen-bond acceptors (Lipinski definition) is 2. The van der Waals surface area contributed by atoms with Crippen LogP contribution in [0.1, 0.15) is 47.0 Å². The lowest BCUT2D eigenvalue weighted by Crippen LogP contribution is -2.30. The Labute approximate surface area is 89.4 Å². The van der Waals surface area contributed by atoms with Crippen molar-refractivity contribution in [2.75, 3.05) is 19.7 Å². The summed E-state index contributed by atoms with van der Waals surface area (Å²) in [4.78, 5) is 0. The number of hydrogen-bond donors (Lipinski definition) is 1. The maximum Gasteiger partial charge on any atom is 0.0699 e. The van der Waals surface area contributed by atoms with Crippen LogP contribution >= 0.6 is 0 Å². The molecule has 0 amide bonds. The normalized spacial score (nSPS) is 13.5. The fraction of sp³-hybridized carbons (Fsp3) is 1.00. The van der Waals surface area contributed by atoms with Crippen LogP contribution in [0.5, 0.6) is 0 Å². The number of rotatable bonds is 9. The summed E-state index contributed by atoms with van der Waals surface area (Å²) in [5, 5.41) is 3.42. The van der Waals surface area contributed by atoms with Crippen molar-refractivity contribution < 1.29 is 4.74 Å². The van der Waals surface area contributed by atoms with E-state index in [1.165, 1.54) is 19.3 Å². The van der Waals surface area contributed by atoms with Crippen molar-refractivity contribution in [2.45, 2.75) is 53.1 Å². The van der Waals surface area contributed by atoms with E-state index in [1.807, 2.05) is 0 Å². The lowest BCUT2D eigenvalue weighted by atomic mass is 10.2. The molecule has 2 heteroatoms. The van der Waals surface area contributed by atoms with Crippen molar-refractivity contribution in [3.63, 3.8) is 0 Å². The summed E-state index contributed by atoms with van der Waals surface area (Å²) in [7, 11) is 0. The monoisotopic (exact) mass is 201 g/mol. The molecule has 86 valence electrons. The second-order valence-electron chi connectivity index (χ2n) is 4.34. The van der Waals surface area contributed by atoms with Gasteiger partial charge in [0.05, 0.1) is 6.10 Å². The van der Waals surface area contributed by atoms with Gasteiger partial charge in [-0.05, 0) is 25.3 Å². The van der Waals surface area contributed by atoms with Crippen LogP contribution in [0.25, 0.3) is 0 Å². The molecule has 0 aromatic carbocycles. The minimum absolute atomic E-state index is 0.411. The summed E-state index contributed by atoms with van der Waals surface area (Å²) >= 11 is 0. The zero-order valence-corrected chi connectivity index (χ0v) is 10.3. The zero-order chi connectivity index (χ0) is 10.8. The Bertz CT molecular complexity index is 115. The predicted molar refractivity (Wildman–Crippen MR) is 62.6 cm³/mol. The van der Waals surface area contributed by atoms with Crippen LogP contribution < -0.4 is 5.32 Å². The van der Waals surface area contributed by atoms with E-state index in [0.29, 0.717) is 12.0 Å². The lowest BCUT2D eigenvalue weighted by molar-refractivity contribution is 0.0307. The zero-order valence-electron chi connectivity index (χ0n) is 10.3. The fourth-order valence-corrected chi connectivity index (χ4v) is 1.33. The summed E-state index contributed by atoms with van der Waals surface area (Å²) in [6.45, 7) is 11.8. The van der Waals surface area contributed by atoms with Gasteiger partial charge in [-0.2, -0.15) is 0 Å². The van der Waals surface area contributed by atoms with Crippen molar-refractivity contribution in [3.8, 4) is 0 Å². The molecule has 0 rings (SSSR count). The van der Waals surface area contributed by atoms with E-state index in [2.05, 4.69) is 33.0 Å². The SMILES string of the molecule is CCCNCC(CCC)OCC(C)C. The van der Waals surface area contributed by atoms with E-state index in [1.54, 1.807) is 0 Å². The molecule has 1 atom stereocenters. The molecular weight excluding hydrogens is 174 g/mol. The highest BCUT2D eigenvalue weighted by atomic mass is 16.5. The van der Waals surface area contributed by atoms with Crippen LogP contribution in [0.4, 0.5) is 0 Å². The van der Waals surface area contributed by atoms with Gasteiger partial charge in [-0.3, -0.25) is 0 Å². The van der Waals surface area contributed by atoms with Gasteiger partial charge in [-0.25, -0.2) is 0 Å². The molecule has 14 heavy (non-hydrogen) atoms. The van der Waals surface area contributed by atoms with E-state index < -0.39 is 0 Å². The van der Waals surface area contributed by atoms with Gasteiger partial charge in [0.2, 0.25) is 0 Å². The quantitative estimate of drug-likeness (QED) is 0.579. The third-order valence-corrected chi connectivity index (χ3v) is 2.07. The molecule has 0 radical (unpaired) electrons. The average Bonchev–Trinajstić information content (AvgIpc) is 2.14. The highest BCUT2D eigenvalue weighted by molar-refractivity contribution is 4.61. The number of ether oxygens (including phenoxy) is 1. The first-order valence-electron chi connectivity index (χ1n) is 6.03. The highest BCUT2D eigenvalue weighted by Crippen LogP contribution is 2.04. The van der Waals surface area contributed by atoms with Crippen molar-refractivity contribution in [1.82, 2.24) is 5.32 Å². The van der Waals surface area contributed by atoms with Crippen molar-refractivity contribution in [2.24, 2.45) is 5.92 Å². The first kappa shape index (κ1) is 13.9. The Morgan fingerprint density at radius 1 is 1.14 bits per heavy atom. The van der Waals surface area contributed by atoms with Crippen LogP contribution in [0.3, 0.4) is 0 Å². The molecule has 0 bridgehead atoms. The van der Waals surface area contributed by atoms with Gasteiger partial charge >= 0.3 is 0 Å². The van der Waals surface area contributed by atoms with Crippen molar-refractivity contribution in [3.05, 3.63) is 0 Å². The molecule has 0 saturated heterocycles. The molecule has 0 spiro atoms. The minimum atomic E-state index is 0.411. The number of nitrogens with one attached hydrogen (secondary N) is 1. The maximum atomic E-state index is 5.83. The van der Waals surface area contributed by atoms with Crippen molar-refractivity contribution in [1.29, 1.82) is 0 Å². The second-order valence-corrected chi connectivity index (χ2v) is 4.34. The Morgan fingerprint density at radius 2 is 1.86 bits per heavy atom. The first-order chi connectivity index (χ1) is 6.70. The minimum Gasteiger partial charge on any atom is -0.377 e. The van der Waals surface area contributed by atoms with Gasteiger partial charge in [-0.1, -0.05) is 34.1 Å². The van der Waals surface area contributed by atoms with Gasteiger partial charge in [-0.15, -0.1) is 0 Å². The molecule has 0 saturated carbocycles. The molecule has 0 aliphatic carbocycles. The van der Waals surface area contributed by atoms with E-state index >= 15 is 0 Å². The van der Waals surface area contributed by atoms with Crippen LogP contribution in [0.15, 0.2) is 0 Å². The Morgan fingerprint density at radius 3 is 2.36 bits per heavy atom. The molecule has 0 heterocycles. The maximum absolute atomic E-state index is 5.83. The summed E-state index contributed by atoms with van der Waals surface area (Å²) in [5.41, 5.74) is 0. The van der Waals surface area contributed by atoms with Crippen molar-refractivity contribution >= 4 is 0 Å². The van der Waals surface area contributed by atoms with E-state index in [0.717, 1.165) is 19.7 Å². The van der Waals surface area contributed by atoms with Crippen LogP contribution in [-0.4, -0.2) is 25.8 Å². The average molecular weight is 201 g/mol.